The fourth-order valence-corrected chi connectivity index (χ4v) is 4.81. The Morgan fingerprint density at radius 1 is 1.21 bits per heavy atom. The molecule has 106 valence electrons. The zero-order valence-electron chi connectivity index (χ0n) is 11.5. The number of piperidine rings is 1. The summed E-state index contributed by atoms with van der Waals surface area (Å²) in [5, 5.41) is 13.3. The summed E-state index contributed by atoms with van der Waals surface area (Å²) in [6.45, 7) is 3.88. The third-order valence-electron chi connectivity index (χ3n) is 6.22. The molecule has 4 rings (SSSR count). The van der Waals surface area contributed by atoms with E-state index in [0.717, 1.165) is 45.4 Å². The standard InChI is InChI=1S/C15H24N2O2/c18-13-2-1-10-8-17(9-11(10)13)14(19)12-7-15(12)3-5-16-6-4-15/h10-13,16,18H,1-9H2. The molecular weight excluding hydrogens is 240 g/mol. The van der Waals surface area contributed by atoms with Crippen molar-refractivity contribution in [2.45, 2.75) is 38.2 Å². The van der Waals surface area contributed by atoms with Crippen LogP contribution < -0.4 is 5.32 Å². The molecule has 4 fully saturated rings. The highest BCUT2D eigenvalue weighted by Crippen LogP contribution is 2.59. The van der Waals surface area contributed by atoms with Gasteiger partial charge in [0.1, 0.15) is 0 Å². The molecule has 0 bridgehead atoms. The number of hydrogen-bond donors (Lipinski definition) is 2. The van der Waals surface area contributed by atoms with E-state index >= 15 is 0 Å². The Kier molecular flexibility index (Phi) is 2.68. The number of amides is 1. The van der Waals surface area contributed by atoms with Crippen LogP contribution in [0.15, 0.2) is 0 Å². The van der Waals surface area contributed by atoms with Crippen molar-refractivity contribution in [2.75, 3.05) is 26.2 Å². The van der Waals surface area contributed by atoms with Crippen LogP contribution in [0, 0.1) is 23.2 Å². The maximum Gasteiger partial charge on any atom is 0.226 e. The lowest BCUT2D eigenvalue weighted by atomic mass is 9.91. The van der Waals surface area contributed by atoms with Crippen molar-refractivity contribution >= 4 is 5.91 Å². The van der Waals surface area contributed by atoms with Crippen molar-refractivity contribution in [2.24, 2.45) is 23.2 Å². The third-order valence-corrected chi connectivity index (χ3v) is 6.22. The van der Waals surface area contributed by atoms with Crippen molar-refractivity contribution in [1.82, 2.24) is 10.2 Å². The fraction of sp³-hybridized carbons (Fsp3) is 0.933. The van der Waals surface area contributed by atoms with Crippen LogP contribution in [0.3, 0.4) is 0 Å². The molecule has 0 aromatic carbocycles. The van der Waals surface area contributed by atoms with E-state index in [1.54, 1.807) is 0 Å². The fourth-order valence-electron chi connectivity index (χ4n) is 4.81. The summed E-state index contributed by atoms with van der Waals surface area (Å²) in [6.07, 6.45) is 5.35. The average molecular weight is 264 g/mol. The highest BCUT2D eigenvalue weighted by atomic mass is 16.3. The van der Waals surface area contributed by atoms with Gasteiger partial charge in [0.15, 0.2) is 0 Å². The molecule has 0 radical (unpaired) electrons. The van der Waals surface area contributed by atoms with Gasteiger partial charge < -0.3 is 15.3 Å². The Morgan fingerprint density at radius 2 is 2.00 bits per heavy atom. The largest absolute Gasteiger partial charge is 0.393 e. The summed E-state index contributed by atoms with van der Waals surface area (Å²) in [5.41, 5.74) is 0.346. The molecule has 2 heterocycles. The first kappa shape index (κ1) is 12.2. The van der Waals surface area contributed by atoms with Gasteiger partial charge in [-0.1, -0.05) is 0 Å². The van der Waals surface area contributed by atoms with Gasteiger partial charge >= 0.3 is 0 Å². The van der Waals surface area contributed by atoms with Crippen LogP contribution in [0.4, 0.5) is 0 Å². The van der Waals surface area contributed by atoms with Crippen LogP contribution >= 0.6 is 0 Å². The minimum absolute atomic E-state index is 0.158. The summed E-state index contributed by atoms with van der Waals surface area (Å²) in [4.78, 5) is 14.7. The maximum absolute atomic E-state index is 12.6. The molecule has 0 aromatic rings. The Balaban J connectivity index is 1.40. The molecule has 1 spiro atoms. The van der Waals surface area contributed by atoms with E-state index in [1.807, 2.05) is 0 Å². The Morgan fingerprint density at radius 3 is 2.74 bits per heavy atom. The Hall–Kier alpha value is -0.610. The number of rotatable bonds is 1. The normalized spacial score (nSPS) is 43.5. The van der Waals surface area contributed by atoms with Crippen LogP contribution in [0.25, 0.3) is 0 Å². The quantitative estimate of drug-likeness (QED) is 0.729. The smallest absolute Gasteiger partial charge is 0.226 e. The van der Waals surface area contributed by atoms with Gasteiger partial charge in [0.2, 0.25) is 5.91 Å². The number of carbonyl (C=O) groups is 1. The van der Waals surface area contributed by atoms with Crippen LogP contribution in [-0.4, -0.2) is 48.2 Å². The van der Waals surface area contributed by atoms with E-state index < -0.39 is 0 Å². The van der Waals surface area contributed by atoms with Crippen molar-refractivity contribution in [1.29, 1.82) is 0 Å². The van der Waals surface area contributed by atoms with E-state index in [0.29, 0.717) is 29.1 Å². The summed E-state index contributed by atoms with van der Waals surface area (Å²) < 4.78 is 0. The molecule has 4 heteroatoms. The molecule has 0 aromatic heterocycles. The zero-order valence-corrected chi connectivity index (χ0v) is 11.5. The molecule has 1 amide bonds. The van der Waals surface area contributed by atoms with Gasteiger partial charge in [-0.05, 0) is 56.5 Å². The maximum atomic E-state index is 12.6. The lowest BCUT2D eigenvalue weighted by molar-refractivity contribution is -0.133. The Bertz CT molecular complexity index is 392. The zero-order chi connectivity index (χ0) is 13.0. The number of likely N-dealkylation sites (tertiary alicyclic amines) is 1. The Labute approximate surface area is 114 Å². The molecule has 4 atom stereocenters. The molecule has 2 aliphatic heterocycles. The summed E-state index contributed by atoms with van der Waals surface area (Å²) in [7, 11) is 0. The molecular formula is C15H24N2O2. The van der Waals surface area contributed by atoms with Gasteiger partial charge in [-0.2, -0.15) is 0 Å². The molecule has 4 nitrogen and oxygen atoms in total. The van der Waals surface area contributed by atoms with Crippen LogP contribution in [-0.2, 0) is 4.79 Å². The summed E-state index contributed by atoms with van der Waals surface area (Å²) in [6, 6.07) is 0. The summed E-state index contributed by atoms with van der Waals surface area (Å²) in [5.74, 6) is 1.63. The molecule has 2 N–H and O–H groups in total. The van der Waals surface area contributed by atoms with Crippen molar-refractivity contribution in [3.63, 3.8) is 0 Å². The molecule has 2 saturated carbocycles. The SMILES string of the molecule is O=C(C1CC12CCNCC2)N1CC2CCC(O)C2C1. The molecule has 2 saturated heterocycles. The number of nitrogens with zero attached hydrogens (tertiary/aromatic N) is 1. The van der Waals surface area contributed by atoms with Crippen molar-refractivity contribution in [3.05, 3.63) is 0 Å². The van der Waals surface area contributed by atoms with E-state index in [2.05, 4.69) is 10.2 Å². The van der Waals surface area contributed by atoms with Gasteiger partial charge in [-0.25, -0.2) is 0 Å². The topological polar surface area (TPSA) is 52.6 Å². The molecule has 2 aliphatic carbocycles. The minimum Gasteiger partial charge on any atom is -0.393 e. The number of nitrogens with one attached hydrogen (secondary N) is 1. The highest BCUT2D eigenvalue weighted by Gasteiger charge is 2.59. The number of carbonyl (C=O) groups excluding carboxylic acids is 1. The van der Waals surface area contributed by atoms with E-state index in [-0.39, 0.29) is 6.10 Å². The van der Waals surface area contributed by atoms with E-state index in [4.69, 9.17) is 0 Å². The lowest BCUT2D eigenvalue weighted by Gasteiger charge is -2.25. The molecule has 4 unspecified atom stereocenters. The second-order valence-corrected chi connectivity index (χ2v) is 7.18. The van der Waals surface area contributed by atoms with Crippen LogP contribution in [0.5, 0.6) is 0 Å². The second-order valence-electron chi connectivity index (χ2n) is 7.18. The predicted octanol–water partition coefficient (Wildman–Crippen LogP) is 0.605. The second kappa shape index (κ2) is 4.19. The highest BCUT2D eigenvalue weighted by molar-refractivity contribution is 5.83. The average Bonchev–Trinajstić information content (AvgIpc) is 2.81. The molecule has 4 aliphatic rings. The van der Waals surface area contributed by atoms with Gasteiger partial charge in [0, 0.05) is 24.9 Å². The van der Waals surface area contributed by atoms with Gasteiger partial charge in [0.25, 0.3) is 0 Å². The van der Waals surface area contributed by atoms with Crippen LogP contribution in [0.2, 0.25) is 0 Å². The van der Waals surface area contributed by atoms with E-state index in [9.17, 15) is 9.90 Å². The van der Waals surface area contributed by atoms with Gasteiger partial charge in [-0.3, -0.25) is 4.79 Å². The number of aliphatic hydroxyl groups is 1. The number of hydrogen-bond acceptors (Lipinski definition) is 3. The lowest BCUT2D eigenvalue weighted by Crippen LogP contribution is -2.36. The summed E-state index contributed by atoms with van der Waals surface area (Å²) >= 11 is 0. The van der Waals surface area contributed by atoms with Crippen LogP contribution in [0.1, 0.15) is 32.1 Å². The monoisotopic (exact) mass is 264 g/mol. The number of fused-ring (bicyclic) bond motifs is 1. The first-order valence-electron chi connectivity index (χ1n) is 7.87. The van der Waals surface area contributed by atoms with Crippen molar-refractivity contribution < 1.29 is 9.90 Å². The molecule has 19 heavy (non-hydrogen) atoms. The third kappa shape index (κ3) is 1.83. The predicted molar refractivity (Wildman–Crippen MR) is 71.4 cm³/mol. The van der Waals surface area contributed by atoms with Gasteiger partial charge in [0.05, 0.1) is 6.10 Å². The van der Waals surface area contributed by atoms with E-state index in [1.165, 1.54) is 12.8 Å². The first-order valence-corrected chi connectivity index (χ1v) is 7.87. The van der Waals surface area contributed by atoms with Crippen molar-refractivity contribution in [3.8, 4) is 0 Å². The number of aliphatic hydroxyl groups excluding tert-OH is 1. The minimum atomic E-state index is -0.158. The first-order chi connectivity index (χ1) is 9.20. The van der Waals surface area contributed by atoms with Gasteiger partial charge in [-0.15, -0.1) is 0 Å².